The van der Waals surface area contributed by atoms with Crippen molar-refractivity contribution in [1.82, 2.24) is 9.97 Å². The zero-order valence-electron chi connectivity index (χ0n) is 8.54. The predicted octanol–water partition coefficient (Wildman–Crippen LogP) is 0.621. The van der Waals surface area contributed by atoms with Gasteiger partial charge in [0.25, 0.3) is 0 Å². The van der Waals surface area contributed by atoms with Gasteiger partial charge in [0.15, 0.2) is 5.82 Å². The second kappa shape index (κ2) is 5.39. The molecule has 0 amide bonds. The van der Waals surface area contributed by atoms with E-state index in [0.717, 1.165) is 17.2 Å². The maximum absolute atomic E-state index is 8.64. The lowest BCUT2D eigenvalue weighted by atomic mass is 10.3. The van der Waals surface area contributed by atoms with Gasteiger partial charge in [0.05, 0.1) is 11.4 Å². The van der Waals surface area contributed by atoms with Crippen LogP contribution in [0.15, 0.2) is 6.33 Å². The molecule has 5 heteroatoms. The average molecular weight is 196 g/mol. The van der Waals surface area contributed by atoms with Crippen molar-refractivity contribution in [3.05, 3.63) is 12.0 Å². The third-order valence-corrected chi connectivity index (χ3v) is 1.91. The fourth-order valence-corrected chi connectivity index (χ4v) is 1.19. The van der Waals surface area contributed by atoms with E-state index in [1.165, 1.54) is 6.33 Å². The molecule has 5 nitrogen and oxygen atoms in total. The molecule has 0 atom stereocenters. The molecule has 1 rings (SSSR count). The minimum atomic E-state index is 0.186. The third kappa shape index (κ3) is 2.56. The smallest absolute Gasteiger partial charge is 0.153 e. The minimum Gasteiger partial charge on any atom is -0.396 e. The van der Waals surface area contributed by atoms with Crippen molar-refractivity contribution in [2.24, 2.45) is 0 Å². The van der Waals surface area contributed by atoms with Crippen LogP contribution in [-0.2, 0) is 0 Å². The van der Waals surface area contributed by atoms with Crippen LogP contribution in [0.25, 0.3) is 0 Å². The van der Waals surface area contributed by atoms with Crippen LogP contribution in [0.4, 0.5) is 11.5 Å². The highest BCUT2D eigenvalue weighted by atomic mass is 16.3. The van der Waals surface area contributed by atoms with Crippen molar-refractivity contribution in [3.63, 3.8) is 0 Å². The molecule has 0 aliphatic carbocycles. The zero-order chi connectivity index (χ0) is 10.4. The van der Waals surface area contributed by atoms with Crippen LogP contribution in [0.5, 0.6) is 0 Å². The molecule has 0 saturated heterocycles. The molecule has 0 fully saturated rings. The number of anilines is 2. The maximum Gasteiger partial charge on any atom is 0.153 e. The number of nitrogens with zero attached hydrogens (tertiary/aromatic N) is 2. The van der Waals surface area contributed by atoms with Crippen molar-refractivity contribution in [3.8, 4) is 0 Å². The molecule has 0 radical (unpaired) electrons. The van der Waals surface area contributed by atoms with E-state index in [0.29, 0.717) is 13.0 Å². The summed E-state index contributed by atoms with van der Waals surface area (Å²) in [5.74, 6) is 0.786. The molecule has 0 saturated carbocycles. The first-order chi connectivity index (χ1) is 6.79. The van der Waals surface area contributed by atoms with Crippen LogP contribution >= 0.6 is 0 Å². The Morgan fingerprint density at radius 2 is 2.21 bits per heavy atom. The van der Waals surface area contributed by atoms with E-state index >= 15 is 0 Å². The largest absolute Gasteiger partial charge is 0.396 e. The van der Waals surface area contributed by atoms with Gasteiger partial charge in [-0.25, -0.2) is 9.97 Å². The van der Waals surface area contributed by atoms with Gasteiger partial charge in [-0.15, -0.1) is 0 Å². The number of aliphatic hydroxyl groups is 1. The predicted molar refractivity (Wildman–Crippen MR) is 56.5 cm³/mol. The summed E-state index contributed by atoms with van der Waals surface area (Å²) in [5.41, 5.74) is 1.82. The number of aliphatic hydroxyl groups excluding tert-OH is 1. The highest BCUT2D eigenvalue weighted by Gasteiger charge is 2.04. The summed E-state index contributed by atoms with van der Waals surface area (Å²) in [4.78, 5) is 8.19. The zero-order valence-corrected chi connectivity index (χ0v) is 8.54. The van der Waals surface area contributed by atoms with E-state index in [-0.39, 0.29) is 6.61 Å². The van der Waals surface area contributed by atoms with Crippen molar-refractivity contribution >= 4 is 11.5 Å². The topological polar surface area (TPSA) is 70.1 Å². The van der Waals surface area contributed by atoms with E-state index in [1.54, 1.807) is 0 Å². The molecule has 14 heavy (non-hydrogen) atoms. The minimum absolute atomic E-state index is 0.186. The molecular weight excluding hydrogens is 180 g/mol. The van der Waals surface area contributed by atoms with E-state index in [1.807, 2.05) is 14.0 Å². The number of rotatable bonds is 5. The van der Waals surface area contributed by atoms with Gasteiger partial charge >= 0.3 is 0 Å². The van der Waals surface area contributed by atoms with Crippen LogP contribution in [0.3, 0.4) is 0 Å². The Labute approximate surface area is 83.6 Å². The number of aryl methyl sites for hydroxylation is 1. The fraction of sp³-hybridized carbons (Fsp3) is 0.556. The van der Waals surface area contributed by atoms with Crippen LogP contribution in [0.1, 0.15) is 12.1 Å². The van der Waals surface area contributed by atoms with Gasteiger partial charge in [-0.2, -0.15) is 0 Å². The summed E-state index contributed by atoms with van der Waals surface area (Å²) in [6.07, 6.45) is 2.24. The summed E-state index contributed by atoms with van der Waals surface area (Å²) in [7, 11) is 1.84. The molecule has 78 valence electrons. The maximum atomic E-state index is 8.64. The molecule has 3 N–H and O–H groups in total. The Balaban J connectivity index is 2.70. The van der Waals surface area contributed by atoms with Gasteiger partial charge in [0.2, 0.25) is 0 Å². The Kier molecular flexibility index (Phi) is 4.12. The summed E-state index contributed by atoms with van der Waals surface area (Å²) >= 11 is 0. The first kappa shape index (κ1) is 10.7. The first-order valence-corrected chi connectivity index (χ1v) is 4.63. The lowest BCUT2D eigenvalue weighted by molar-refractivity contribution is 0.292. The van der Waals surface area contributed by atoms with Gasteiger partial charge in [0, 0.05) is 20.2 Å². The summed E-state index contributed by atoms with van der Waals surface area (Å²) < 4.78 is 0. The fourth-order valence-electron chi connectivity index (χ4n) is 1.19. The van der Waals surface area contributed by atoms with Crippen LogP contribution in [0.2, 0.25) is 0 Å². The van der Waals surface area contributed by atoms with Gasteiger partial charge in [0.1, 0.15) is 6.33 Å². The molecule has 0 bridgehead atoms. The monoisotopic (exact) mass is 196 g/mol. The van der Waals surface area contributed by atoms with Crippen molar-refractivity contribution in [1.29, 1.82) is 0 Å². The molecule has 0 aliphatic heterocycles. The molecule has 1 aromatic heterocycles. The van der Waals surface area contributed by atoms with Crippen LogP contribution in [-0.4, -0.2) is 35.3 Å². The SMILES string of the molecule is CNc1c(C)ncnc1NCCCO. The number of hydrogen-bond donors (Lipinski definition) is 3. The lowest BCUT2D eigenvalue weighted by Crippen LogP contribution is -2.09. The molecule has 1 heterocycles. The number of hydrogen-bond acceptors (Lipinski definition) is 5. The molecule has 0 unspecified atom stereocenters. The van der Waals surface area contributed by atoms with E-state index < -0.39 is 0 Å². The summed E-state index contributed by atoms with van der Waals surface area (Å²) in [6, 6.07) is 0. The number of aromatic nitrogens is 2. The molecule has 1 aromatic rings. The van der Waals surface area contributed by atoms with Crippen LogP contribution < -0.4 is 10.6 Å². The Morgan fingerprint density at radius 1 is 1.43 bits per heavy atom. The van der Waals surface area contributed by atoms with Gasteiger partial charge < -0.3 is 15.7 Å². The van der Waals surface area contributed by atoms with Gasteiger partial charge in [-0.3, -0.25) is 0 Å². The van der Waals surface area contributed by atoms with Crippen LogP contribution in [0, 0.1) is 6.92 Å². The lowest BCUT2D eigenvalue weighted by Gasteiger charge is -2.11. The highest BCUT2D eigenvalue weighted by Crippen LogP contribution is 2.19. The second-order valence-corrected chi connectivity index (χ2v) is 2.94. The second-order valence-electron chi connectivity index (χ2n) is 2.94. The number of nitrogens with one attached hydrogen (secondary N) is 2. The van der Waals surface area contributed by atoms with Gasteiger partial charge in [-0.05, 0) is 13.3 Å². The standard InChI is InChI=1S/C9H16N4O/c1-7-8(10-2)9(13-6-12-7)11-4-3-5-14/h6,10,14H,3-5H2,1-2H3,(H,11,12,13). The van der Waals surface area contributed by atoms with E-state index in [2.05, 4.69) is 20.6 Å². The normalized spacial score (nSPS) is 9.93. The Bertz CT molecular complexity index is 290. The average Bonchev–Trinajstić information content (AvgIpc) is 2.18. The molecule has 0 aromatic carbocycles. The highest BCUT2D eigenvalue weighted by molar-refractivity contribution is 5.65. The first-order valence-electron chi connectivity index (χ1n) is 4.63. The van der Waals surface area contributed by atoms with Crippen molar-refractivity contribution in [2.45, 2.75) is 13.3 Å². The van der Waals surface area contributed by atoms with Crippen molar-refractivity contribution < 1.29 is 5.11 Å². The summed E-state index contributed by atoms with van der Waals surface area (Å²) in [5, 5.41) is 14.8. The quantitative estimate of drug-likeness (QED) is 0.602. The van der Waals surface area contributed by atoms with Crippen molar-refractivity contribution in [2.75, 3.05) is 30.8 Å². The van der Waals surface area contributed by atoms with E-state index in [9.17, 15) is 0 Å². The molecular formula is C9H16N4O. The van der Waals surface area contributed by atoms with Gasteiger partial charge in [-0.1, -0.05) is 0 Å². The Morgan fingerprint density at radius 3 is 2.86 bits per heavy atom. The van der Waals surface area contributed by atoms with E-state index in [4.69, 9.17) is 5.11 Å². The Hall–Kier alpha value is -1.36. The molecule has 0 spiro atoms. The molecule has 0 aliphatic rings. The third-order valence-electron chi connectivity index (χ3n) is 1.91. The summed E-state index contributed by atoms with van der Waals surface area (Å²) in [6.45, 7) is 2.82.